The molecule has 2 aliphatic heterocycles. The summed E-state index contributed by atoms with van der Waals surface area (Å²) in [6.07, 6.45) is -3.78. The lowest BCUT2D eigenvalue weighted by Gasteiger charge is -2.38. The molecule has 1 atom stereocenters. The minimum absolute atomic E-state index is 0.0951. The van der Waals surface area contributed by atoms with E-state index in [1.807, 2.05) is 24.3 Å². The van der Waals surface area contributed by atoms with Crippen molar-refractivity contribution in [3.8, 4) is 5.75 Å². The summed E-state index contributed by atoms with van der Waals surface area (Å²) in [5, 5.41) is 9.41. The predicted molar refractivity (Wildman–Crippen MR) is 113 cm³/mol. The number of nitrogens with zero attached hydrogens (tertiary/aromatic N) is 2. The molecule has 2 aromatic carbocycles. The first-order valence-electron chi connectivity index (χ1n) is 10.9. The Bertz CT molecular complexity index is 898. The zero-order valence-electron chi connectivity index (χ0n) is 17.8. The van der Waals surface area contributed by atoms with E-state index < -0.39 is 18.8 Å². The van der Waals surface area contributed by atoms with E-state index in [9.17, 15) is 22.7 Å². The summed E-state index contributed by atoms with van der Waals surface area (Å²) in [4.78, 5) is 3.59. The smallest absolute Gasteiger partial charge is 0.401 e. The van der Waals surface area contributed by atoms with Crippen LogP contribution in [-0.2, 0) is 13.0 Å². The van der Waals surface area contributed by atoms with Crippen LogP contribution in [0.3, 0.4) is 0 Å². The van der Waals surface area contributed by atoms with Crippen molar-refractivity contribution in [1.82, 2.24) is 9.80 Å². The van der Waals surface area contributed by atoms with E-state index in [2.05, 4.69) is 4.90 Å². The van der Waals surface area contributed by atoms with E-state index in [-0.39, 0.29) is 19.2 Å². The molecule has 0 bridgehead atoms. The fourth-order valence-corrected chi connectivity index (χ4v) is 4.62. The van der Waals surface area contributed by atoms with Crippen LogP contribution in [0.2, 0.25) is 0 Å². The van der Waals surface area contributed by atoms with E-state index in [0.717, 1.165) is 41.9 Å². The zero-order valence-corrected chi connectivity index (χ0v) is 17.8. The third-order valence-electron chi connectivity index (χ3n) is 6.22. The van der Waals surface area contributed by atoms with Crippen LogP contribution in [0.15, 0.2) is 42.5 Å². The number of alkyl halides is 4. The van der Waals surface area contributed by atoms with Crippen LogP contribution >= 0.6 is 0 Å². The molecule has 0 radical (unpaired) electrons. The maximum atomic E-state index is 13.3. The lowest BCUT2D eigenvalue weighted by Crippen LogP contribution is -2.49. The number of rotatable bonds is 8. The van der Waals surface area contributed by atoms with Gasteiger partial charge in [-0.3, -0.25) is 14.2 Å². The molecule has 174 valence electrons. The molecule has 2 aromatic rings. The molecule has 0 aliphatic carbocycles. The minimum Gasteiger partial charge on any atom is -0.492 e. The van der Waals surface area contributed by atoms with Gasteiger partial charge in [0.05, 0.1) is 25.9 Å². The van der Waals surface area contributed by atoms with Crippen LogP contribution in [0.1, 0.15) is 28.3 Å². The number of hydrogen-bond acceptors (Lipinski definition) is 4. The lowest BCUT2D eigenvalue weighted by atomic mass is 9.87. The maximum Gasteiger partial charge on any atom is 0.401 e. The Morgan fingerprint density at radius 2 is 1.81 bits per heavy atom. The molecular weight excluding hydrogens is 424 g/mol. The third kappa shape index (κ3) is 5.42. The SMILES string of the molecule is OCc1ccc2c(c1)CCN(CC(F)(F)F)[C@H]2c1ccc(OCCN2CC(CF)C2)cc1. The van der Waals surface area contributed by atoms with Gasteiger partial charge in [-0.05, 0) is 40.8 Å². The summed E-state index contributed by atoms with van der Waals surface area (Å²) in [6.45, 7) is 1.65. The minimum atomic E-state index is -4.29. The summed E-state index contributed by atoms with van der Waals surface area (Å²) in [6, 6.07) is 12.2. The molecule has 1 fully saturated rings. The first-order chi connectivity index (χ1) is 15.4. The number of aliphatic hydroxyl groups excluding tert-OH is 1. The van der Waals surface area contributed by atoms with Crippen molar-refractivity contribution >= 4 is 0 Å². The fourth-order valence-electron chi connectivity index (χ4n) is 4.62. The average molecular weight is 452 g/mol. The molecule has 1 saturated heterocycles. The second kappa shape index (κ2) is 9.77. The van der Waals surface area contributed by atoms with Crippen molar-refractivity contribution in [2.24, 2.45) is 5.92 Å². The van der Waals surface area contributed by atoms with Gasteiger partial charge in [0.2, 0.25) is 0 Å². The van der Waals surface area contributed by atoms with E-state index in [4.69, 9.17) is 4.74 Å². The first kappa shape index (κ1) is 23.0. The van der Waals surface area contributed by atoms with Gasteiger partial charge in [-0.1, -0.05) is 30.3 Å². The Labute approximate surface area is 185 Å². The van der Waals surface area contributed by atoms with Crippen molar-refractivity contribution in [1.29, 1.82) is 0 Å². The number of aliphatic hydroxyl groups is 1. The topological polar surface area (TPSA) is 35.9 Å². The average Bonchev–Trinajstić information content (AvgIpc) is 2.74. The number of fused-ring (bicyclic) bond motifs is 1. The van der Waals surface area contributed by atoms with Gasteiger partial charge in [0.1, 0.15) is 12.4 Å². The normalized spacial score (nSPS) is 20.1. The molecule has 2 aliphatic rings. The molecule has 8 heteroatoms. The number of hydrogen-bond donors (Lipinski definition) is 1. The van der Waals surface area contributed by atoms with Gasteiger partial charge in [0.25, 0.3) is 0 Å². The van der Waals surface area contributed by atoms with Gasteiger partial charge in [-0.25, -0.2) is 0 Å². The van der Waals surface area contributed by atoms with Crippen molar-refractivity contribution < 1.29 is 27.4 Å². The molecule has 0 aromatic heterocycles. The van der Waals surface area contributed by atoms with Crippen LogP contribution in [0.5, 0.6) is 5.75 Å². The van der Waals surface area contributed by atoms with Crippen molar-refractivity contribution in [3.05, 3.63) is 64.7 Å². The van der Waals surface area contributed by atoms with Gasteiger partial charge in [0, 0.05) is 32.1 Å². The summed E-state index contributed by atoms with van der Waals surface area (Å²) < 4.78 is 58.0. The molecule has 0 spiro atoms. The van der Waals surface area contributed by atoms with Gasteiger partial charge in [0.15, 0.2) is 0 Å². The fraction of sp³-hybridized carbons (Fsp3) is 0.500. The second-order valence-corrected chi connectivity index (χ2v) is 8.63. The lowest BCUT2D eigenvalue weighted by molar-refractivity contribution is -0.150. The third-order valence-corrected chi connectivity index (χ3v) is 6.22. The summed E-state index contributed by atoms with van der Waals surface area (Å²) in [5.41, 5.74) is 3.34. The van der Waals surface area contributed by atoms with Crippen LogP contribution in [0.25, 0.3) is 0 Å². The van der Waals surface area contributed by atoms with Crippen LogP contribution in [-0.4, -0.2) is 67.1 Å². The standard InChI is InChI=1S/C24H28F4N2O2/c25-12-18-13-29(14-18)9-10-32-21-4-2-19(3-5-21)23-22-6-1-17(15-31)11-20(22)7-8-30(23)16-24(26,27)28/h1-6,11,18,23,31H,7-10,12-16H2/t23-/m0/s1. The Morgan fingerprint density at radius 3 is 2.47 bits per heavy atom. The quantitative estimate of drug-likeness (QED) is 0.615. The van der Waals surface area contributed by atoms with Crippen molar-refractivity contribution in [2.75, 3.05) is 46.0 Å². The van der Waals surface area contributed by atoms with Gasteiger partial charge in [-0.2, -0.15) is 13.2 Å². The highest BCUT2D eigenvalue weighted by atomic mass is 19.4. The molecular formula is C24H28F4N2O2. The van der Waals surface area contributed by atoms with Gasteiger partial charge in [-0.15, -0.1) is 0 Å². The Morgan fingerprint density at radius 1 is 1.06 bits per heavy atom. The summed E-state index contributed by atoms with van der Waals surface area (Å²) >= 11 is 0. The number of likely N-dealkylation sites (tertiary alicyclic amines) is 1. The molecule has 4 rings (SSSR count). The highest BCUT2D eigenvalue weighted by Gasteiger charge is 2.37. The zero-order chi connectivity index (χ0) is 22.7. The molecule has 1 N–H and O–H groups in total. The molecule has 0 amide bonds. The highest BCUT2D eigenvalue weighted by molar-refractivity contribution is 5.43. The van der Waals surface area contributed by atoms with E-state index in [0.29, 0.717) is 25.3 Å². The Balaban J connectivity index is 1.47. The Hall–Kier alpha value is -2.16. The highest BCUT2D eigenvalue weighted by Crippen LogP contribution is 2.38. The number of ether oxygens (including phenoxy) is 1. The maximum absolute atomic E-state index is 13.3. The monoisotopic (exact) mass is 452 g/mol. The van der Waals surface area contributed by atoms with Crippen molar-refractivity contribution in [2.45, 2.75) is 25.2 Å². The van der Waals surface area contributed by atoms with Crippen LogP contribution in [0.4, 0.5) is 17.6 Å². The van der Waals surface area contributed by atoms with E-state index in [1.165, 1.54) is 4.90 Å². The molecule has 2 heterocycles. The molecule has 0 saturated carbocycles. The molecule has 0 unspecified atom stereocenters. The Kier molecular flexibility index (Phi) is 7.02. The number of benzene rings is 2. The molecule has 32 heavy (non-hydrogen) atoms. The first-order valence-corrected chi connectivity index (χ1v) is 10.9. The van der Waals surface area contributed by atoms with E-state index in [1.54, 1.807) is 18.2 Å². The van der Waals surface area contributed by atoms with Crippen molar-refractivity contribution in [3.63, 3.8) is 0 Å². The number of halogens is 4. The summed E-state index contributed by atoms with van der Waals surface area (Å²) in [5.74, 6) is 0.797. The predicted octanol–water partition coefficient (Wildman–Crippen LogP) is 3.97. The van der Waals surface area contributed by atoms with Gasteiger partial charge < -0.3 is 9.84 Å². The summed E-state index contributed by atoms with van der Waals surface area (Å²) in [7, 11) is 0. The van der Waals surface area contributed by atoms with Crippen LogP contribution < -0.4 is 4.74 Å². The van der Waals surface area contributed by atoms with E-state index >= 15 is 0 Å². The van der Waals surface area contributed by atoms with Gasteiger partial charge >= 0.3 is 6.18 Å². The van der Waals surface area contributed by atoms with Crippen LogP contribution in [0, 0.1) is 5.92 Å². The second-order valence-electron chi connectivity index (χ2n) is 8.63. The largest absolute Gasteiger partial charge is 0.492 e. The molecule has 4 nitrogen and oxygen atoms in total.